The van der Waals surface area contributed by atoms with E-state index in [2.05, 4.69) is 10.1 Å². The van der Waals surface area contributed by atoms with Crippen LogP contribution in [0.5, 0.6) is 0 Å². The number of halogens is 3. The minimum Gasteiger partial charge on any atom is -0.393 e. The molecule has 2 aromatic heterocycles. The fraction of sp³-hybridized carbons (Fsp3) is 0.474. The monoisotopic (exact) mass is 475 g/mol. The first-order valence-corrected chi connectivity index (χ1v) is 11.8. The van der Waals surface area contributed by atoms with Crippen LogP contribution in [-0.4, -0.2) is 44.6 Å². The third-order valence-corrected chi connectivity index (χ3v) is 8.71. The number of imidazole rings is 1. The Balaban J connectivity index is 1.91. The van der Waals surface area contributed by atoms with Crippen LogP contribution in [0, 0.1) is 6.92 Å². The molecule has 1 saturated carbocycles. The van der Waals surface area contributed by atoms with E-state index in [0.29, 0.717) is 21.4 Å². The van der Waals surface area contributed by atoms with Crippen molar-refractivity contribution in [1.82, 2.24) is 14.6 Å². The molecule has 0 radical (unpaired) electrons. The normalized spacial score (nSPS) is 20.3. The summed E-state index contributed by atoms with van der Waals surface area (Å²) >= 11 is 1.13. The number of nitrogens with zero attached hydrogens (tertiary/aromatic N) is 3. The van der Waals surface area contributed by atoms with Crippen molar-refractivity contribution in [1.29, 1.82) is 0 Å². The van der Waals surface area contributed by atoms with Gasteiger partial charge in [0.05, 0.1) is 33.2 Å². The van der Waals surface area contributed by atoms with E-state index in [-0.39, 0.29) is 18.4 Å². The van der Waals surface area contributed by atoms with E-state index in [1.165, 1.54) is 10.6 Å². The van der Waals surface area contributed by atoms with Gasteiger partial charge in [0, 0.05) is 5.56 Å². The second kappa shape index (κ2) is 6.99. The lowest BCUT2D eigenvalue weighted by atomic mass is 9.96. The highest BCUT2D eigenvalue weighted by Crippen LogP contribution is 2.41. The molecule has 0 unspecified atom stereocenters. The molecular formula is C19H20F3N3O4S2. The zero-order chi connectivity index (χ0) is 22.9. The first kappa shape index (κ1) is 22.2. The number of hydrogen-bond acceptors (Lipinski definition) is 7. The summed E-state index contributed by atoms with van der Waals surface area (Å²) in [7, 11) is -4.31. The van der Waals surface area contributed by atoms with Gasteiger partial charge in [0.2, 0.25) is 4.96 Å². The predicted molar refractivity (Wildman–Crippen MR) is 107 cm³/mol. The Labute approximate surface area is 180 Å². The molecule has 0 atom stereocenters. The summed E-state index contributed by atoms with van der Waals surface area (Å²) in [6, 6.07) is 2.94. The second-order valence-electron chi connectivity index (χ2n) is 8.21. The topological polar surface area (TPSA) is 105 Å². The number of hydrogen-bond donors (Lipinski definition) is 2. The SMILES string of the molecule is Cc1nc2sc(C(C)(C)O)nn2c1-c1ccc(C(F)(F)F)c(S(=O)(=O)C2CC(O)C2)c1. The summed E-state index contributed by atoms with van der Waals surface area (Å²) in [6.07, 6.45) is -5.88. The van der Waals surface area contributed by atoms with Crippen molar-refractivity contribution in [2.24, 2.45) is 0 Å². The third-order valence-electron chi connectivity index (χ3n) is 5.28. The molecule has 7 nitrogen and oxygen atoms in total. The fourth-order valence-electron chi connectivity index (χ4n) is 3.54. The second-order valence-corrected chi connectivity index (χ2v) is 11.4. The summed E-state index contributed by atoms with van der Waals surface area (Å²) in [5.74, 6) is 0. The molecule has 1 fully saturated rings. The molecule has 4 rings (SSSR count). The molecule has 31 heavy (non-hydrogen) atoms. The first-order valence-electron chi connectivity index (χ1n) is 9.42. The number of aliphatic hydroxyl groups excluding tert-OH is 1. The third kappa shape index (κ3) is 3.75. The number of sulfone groups is 1. The molecular weight excluding hydrogens is 455 g/mol. The van der Waals surface area contributed by atoms with Crippen molar-refractivity contribution in [2.75, 3.05) is 0 Å². The summed E-state index contributed by atoms with van der Waals surface area (Å²) in [4.78, 5) is 3.97. The molecule has 0 amide bonds. The molecule has 0 saturated heterocycles. The average molecular weight is 476 g/mol. The van der Waals surface area contributed by atoms with E-state index in [4.69, 9.17) is 0 Å². The van der Waals surface area contributed by atoms with E-state index in [1.807, 2.05) is 0 Å². The van der Waals surface area contributed by atoms with E-state index in [1.54, 1.807) is 20.8 Å². The van der Waals surface area contributed by atoms with Crippen molar-refractivity contribution < 1.29 is 31.8 Å². The van der Waals surface area contributed by atoms with Crippen LogP contribution in [0.2, 0.25) is 0 Å². The molecule has 2 N–H and O–H groups in total. The summed E-state index contributed by atoms with van der Waals surface area (Å²) in [5.41, 5.74) is -1.46. The van der Waals surface area contributed by atoms with Crippen LogP contribution in [0.25, 0.3) is 16.2 Å². The molecule has 3 aromatic rings. The van der Waals surface area contributed by atoms with Gasteiger partial charge in [0.15, 0.2) is 9.84 Å². The van der Waals surface area contributed by atoms with Crippen molar-refractivity contribution >= 4 is 26.1 Å². The Kier molecular flexibility index (Phi) is 5.00. The summed E-state index contributed by atoms with van der Waals surface area (Å²) in [5, 5.41) is 23.3. The van der Waals surface area contributed by atoms with Crippen LogP contribution in [0.15, 0.2) is 23.1 Å². The zero-order valence-corrected chi connectivity index (χ0v) is 18.4. The molecule has 0 bridgehead atoms. The quantitative estimate of drug-likeness (QED) is 0.600. The molecule has 1 aliphatic rings. The van der Waals surface area contributed by atoms with Gasteiger partial charge in [0.25, 0.3) is 0 Å². The van der Waals surface area contributed by atoms with E-state index in [0.717, 1.165) is 23.5 Å². The molecule has 2 heterocycles. The van der Waals surface area contributed by atoms with Gasteiger partial charge in [-0.25, -0.2) is 17.9 Å². The smallest absolute Gasteiger partial charge is 0.393 e. The van der Waals surface area contributed by atoms with Gasteiger partial charge in [-0.3, -0.25) is 0 Å². The van der Waals surface area contributed by atoms with Crippen LogP contribution in [0.4, 0.5) is 13.2 Å². The Bertz CT molecular complexity index is 1270. The first-order chi connectivity index (χ1) is 14.2. The lowest BCUT2D eigenvalue weighted by molar-refractivity contribution is -0.139. The minimum absolute atomic E-state index is 0.0964. The number of aromatic nitrogens is 3. The van der Waals surface area contributed by atoms with E-state index >= 15 is 0 Å². The largest absolute Gasteiger partial charge is 0.417 e. The van der Waals surface area contributed by atoms with Crippen LogP contribution in [0.1, 0.15) is 43.0 Å². The average Bonchev–Trinajstić information content (AvgIpc) is 3.14. The van der Waals surface area contributed by atoms with Crippen LogP contribution in [0.3, 0.4) is 0 Å². The van der Waals surface area contributed by atoms with Gasteiger partial charge >= 0.3 is 6.18 Å². The highest BCUT2D eigenvalue weighted by Gasteiger charge is 2.44. The van der Waals surface area contributed by atoms with Gasteiger partial charge in [-0.15, -0.1) is 0 Å². The number of benzene rings is 1. The summed E-state index contributed by atoms with van der Waals surface area (Å²) in [6.45, 7) is 4.75. The van der Waals surface area contributed by atoms with Crippen LogP contribution < -0.4 is 0 Å². The number of aliphatic hydroxyl groups is 2. The van der Waals surface area contributed by atoms with Gasteiger partial charge in [0.1, 0.15) is 10.6 Å². The zero-order valence-electron chi connectivity index (χ0n) is 16.8. The number of aryl methyl sites for hydroxylation is 1. The van der Waals surface area contributed by atoms with E-state index in [9.17, 15) is 31.8 Å². The summed E-state index contributed by atoms with van der Waals surface area (Å²) < 4.78 is 68.1. The lowest BCUT2D eigenvalue weighted by Gasteiger charge is -2.31. The minimum atomic E-state index is -4.86. The standard InChI is InChI=1S/C19H20F3N3O4S2/c1-9-15(25-17(23-9)30-16(24-25)18(2,3)27)10-4-5-13(19(20,21)22)14(6-10)31(28,29)12-7-11(26)8-12/h4-6,11-12,26-27H,7-8H2,1-3H3. The van der Waals surface area contributed by atoms with Crippen molar-refractivity contribution in [3.05, 3.63) is 34.5 Å². The van der Waals surface area contributed by atoms with Crippen molar-refractivity contribution in [2.45, 2.75) is 61.6 Å². The molecule has 1 aliphatic carbocycles. The number of rotatable bonds is 4. The lowest BCUT2D eigenvalue weighted by Crippen LogP contribution is -2.40. The maximum Gasteiger partial charge on any atom is 0.417 e. The van der Waals surface area contributed by atoms with Gasteiger partial charge < -0.3 is 10.2 Å². The van der Waals surface area contributed by atoms with E-state index < -0.39 is 43.4 Å². The van der Waals surface area contributed by atoms with Gasteiger partial charge in [-0.05, 0) is 45.7 Å². The molecule has 168 valence electrons. The maximum absolute atomic E-state index is 13.6. The van der Waals surface area contributed by atoms with Gasteiger partial charge in [-0.2, -0.15) is 18.3 Å². The molecule has 1 aromatic carbocycles. The van der Waals surface area contributed by atoms with Gasteiger partial charge in [-0.1, -0.05) is 17.4 Å². The molecule has 0 spiro atoms. The van der Waals surface area contributed by atoms with Crippen LogP contribution >= 0.6 is 11.3 Å². The molecule has 12 heteroatoms. The number of fused-ring (bicyclic) bond motifs is 1. The Morgan fingerprint density at radius 1 is 1.23 bits per heavy atom. The highest BCUT2D eigenvalue weighted by molar-refractivity contribution is 7.92. The van der Waals surface area contributed by atoms with Crippen LogP contribution in [-0.2, 0) is 21.6 Å². The fourth-order valence-corrected chi connectivity index (χ4v) is 6.58. The molecule has 0 aliphatic heterocycles. The highest BCUT2D eigenvalue weighted by atomic mass is 32.2. The van der Waals surface area contributed by atoms with Crippen molar-refractivity contribution in [3.8, 4) is 11.3 Å². The van der Waals surface area contributed by atoms with Crippen molar-refractivity contribution in [3.63, 3.8) is 0 Å². The Morgan fingerprint density at radius 2 is 1.87 bits per heavy atom. The predicted octanol–water partition coefficient (Wildman–Crippen LogP) is 3.31. The maximum atomic E-state index is 13.6. The Hall–Kier alpha value is -2.02. The Morgan fingerprint density at radius 3 is 2.42 bits per heavy atom. The number of alkyl halides is 3.